The van der Waals surface area contributed by atoms with Gasteiger partial charge in [0, 0.05) is 0 Å². The molecule has 0 aromatic carbocycles. The first kappa shape index (κ1) is 6.00. The van der Waals surface area contributed by atoms with Gasteiger partial charge in [0.2, 0.25) is 0 Å². The van der Waals surface area contributed by atoms with E-state index in [2.05, 4.69) is 5.29 Å². The van der Waals surface area contributed by atoms with Crippen LogP contribution in [0.5, 0.6) is 0 Å². The van der Waals surface area contributed by atoms with E-state index in [0.717, 1.165) is 17.9 Å². The lowest BCUT2D eigenvalue weighted by Gasteiger charge is -2.05. The van der Waals surface area contributed by atoms with Crippen molar-refractivity contribution in [1.82, 2.24) is 5.01 Å². The molecule has 0 unspecified atom stereocenters. The van der Waals surface area contributed by atoms with Gasteiger partial charge < -0.3 is 5.73 Å². The van der Waals surface area contributed by atoms with Gasteiger partial charge in [0.1, 0.15) is 0 Å². The predicted molar refractivity (Wildman–Crippen MR) is 30.2 cm³/mol. The standard InChI is InChI=1S/C4H7N3O2/c5-4(8)7(6-9)3-1-2-3/h3H,1-2H2,(H2,5,8). The highest BCUT2D eigenvalue weighted by molar-refractivity contribution is 5.72. The number of carbonyl (C=O) groups is 1. The van der Waals surface area contributed by atoms with Gasteiger partial charge in [0.25, 0.3) is 0 Å². The van der Waals surface area contributed by atoms with Crippen molar-refractivity contribution in [2.24, 2.45) is 11.0 Å². The van der Waals surface area contributed by atoms with Crippen molar-refractivity contribution in [3.05, 3.63) is 4.91 Å². The van der Waals surface area contributed by atoms with E-state index in [0.29, 0.717) is 0 Å². The van der Waals surface area contributed by atoms with E-state index in [1.165, 1.54) is 0 Å². The number of nitrogens with two attached hydrogens (primary N) is 1. The molecule has 1 fully saturated rings. The van der Waals surface area contributed by atoms with Gasteiger partial charge in [-0.25, -0.2) is 4.79 Å². The van der Waals surface area contributed by atoms with Gasteiger partial charge in [-0.2, -0.15) is 5.01 Å². The van der Waals surface area contributed by atoms with Crippen molar-refractivity contribution in [2.45, 2.75) is 18.9 Å². The minimum Gasteiger partial charge on any atom is -0.350 e. The minimum atomic E-state index is -0.757. The zero-order chi connectivity index (χ0) is 6.85. The van der Waals surface area contributed by atoms with Gasteiger partial charge in [-0.3, -0.25) is 0 Å². The summed E-state index contributed by atoms with van der Waals surface area (Å²) in [5.74, 6) is 0. The first-order valence-corrected chi connectivity index (χ1v) is 2.67. The maximum atomic E-state index is 10.3. The van der Waals surface area contributed by atoms with Crippen LogP contribution in [0.3, 0.4) is 0 Å². The van der Waals surface area contributed by atoms with E-state index < -0.39 is 6.03 Å². The summed E-state index contributed by atoms with van der Waals surface area (Å²) in [6.07, 6.45) is 1.68. The Labute approximate surface area is 51.8 Å². The van der Waals surface area contributed by atoms with Gasteiger partial charge in [0.15, 0.2) is 0 Å². The summed E-state index contributed by atoms with van der Waals surface area (Å²) in [4.78, 5) is 20.1. The van der Waals surface area contributed by atoms with Gasteiger partial charge >= 0.3 is 6.03 Å². The second-order valence-electron chi connectivity index (χ2n) is 2.00. The van der Waals surface area contributed by atoms with Crippen LogP contribution in [0.4, 0.5) is 4.79 Å². The van der Waals surface area contributed by atoms with Crippen LogP contribution in [-0.2, 0) is 0 Å². The number of hydrogen-bond donors (Lipinski definition) is 1. The highest BCUT2D eigenvalue weighted by Crippen LogP contribution is 2.26. The van der Waals surface area contributed by atoms with E-state index in [4.69, 9.17) is 5.73 Å². The number of rotatable bonds is 2. The minimum absolute atomic E-state index is 0.0139. The van der Waals surface area contributed by atoms with Gasteiger partial charge in [-0.05, 0) is 12.8 Å². The number of carbonyl (C=O) groups excluding carboxylic acids is 1. The summed E-state index contributed by atoms with van der Waals surface area (Å²) in [5, 5.41) is 3.24. The number of urea groups is 1. The Morgan fingerprint density at radius 1 is 1.67 bits per heavy atom. The Hall–Kier alpha value is -1.13. The van der Waals surface area contributed by atoms with Crippen LogP contribution >= 0.6 is 0 Å². The number of hydrogen-bond acceptors (Lipinski definition) is 3. The lowest BCUT2D eigenvalue weighted by atomic mass is 10.7. The average molecular weight is 129 g/mol. The van der Waals surface area contributed by atoms with Crippen molar-refractivity contribution in [2.75, 3.05) is 0 Å². The highest BCUT2D eigenvalue weighted by atomic mass is 16.3. The average Bonchev–Trinajstić information content (AvgIpc) is 2.50. The lowest BCUT2D eigenvalue weighted by molar-refractivity contribution is 0.206. The smallest absolute Gasteiger partial charge is 0.338 e. The van der Waals surface area contributed by atoms with Crippen molar-refractivity contribution < 1.29 is 4.79 Å². The third-order valence-corrected chi connectivity index (χ3v) is 1.21. The van der Waals surface area contributed by atoms with Crippen LogP contribution in [-0.4, -0.2) is 17.1 Å². The Morgan fingerprint density at radius 2 is 2.22 bits per heavy atom. The quantitative estimate of drug-likeness (QED) is 0.427. The van der Waals surface area contributed by atoms with E-state index in [1.807, 2.05) is 0 Å². The van der Waals surface area contributed by atoms with Gasteiger partial charge in [0.05, 0.1) is 11.3 Å². The molecule has 0 aliphatic heterocycles. The molecule has 1 aliphatic carbocycles. The molecular formula is C4H7N3O2. The largest absolute Gasteiger partial charge is 0.350 e. The summed E-state index contributed by atoms with van der Waals surface area (Å²) in [6.45, 7) is 0. The van der Waals surface area contributed by atoms with Crippen LogP contribution in [0.2, 0.25) is 0 Å². The Balaban J connectivity index is 2.47. The summed E-state index contributed by atoms with van der Waals surface area (Å²) in [7, 11) is 0. The molecule has 50 valence electrons. The molecule has 5 nitrogen and oxygen atoms in total. The third kappa shape index (κ3) is 1.16. The fourth-order valence-electron chi connectivity index (χ4n) is 0.606. The molecule has 0 heterocycles. The van der Waals surface area contributed by atoms with Crippen molar-refractivity contribution >= 4 is 6.03 Å². The predicted octanol–water partition coefficient (Wildman–Crippen LogP) is 0.211. The van der Waals surface area contributed by atoms with Gasteiger partial charge in [-0.1, -0.05) is 0 Å². The molecule has 0 aromatic heterocycles. The number of nitrogens with zero attached hydrogens (tertiary/aromatic N) is 2. The molecular weight excluding hydrogens is 122 g/mol. The van der Waals surface area contributed by atoms with E-state index in [9.17, 15) is 9.70 Å². The maximum absolute atomic E-state index is 10.3. The fourth-order valence-corrected chi connectivity index (χ4v) is 0.606. The Bertz CT molecular complexity index is 143. The molecule has 0 spiro atoms. The molecule has 0 aromatic rings. The molecule has 0 radical (unpaired) electrons. The lowest BCUT2D eigenvalue weighted by Crippen LogP contribution is -2.32. The second-order valence-corrected chi connectivity index (χ2v) is 2.00. The molecule has 9 heavy (non-hydrogen) atoms. The first-order chi connectivity index (χ1) is 4.25. The van der Waals surface area contributed by atoms with Crippen LogP contribution in [0, 0.1) is 4.91 Å². The molecule has 1 rings (SSSR count). The van der Waals surface area contributed by atoms with Crippen molar-refractivity contribution in [3.63, 3.8) is 0 Å². The van der Waals surface area contributed by atoms with Crippen molar-refractivity contribution in [3.8, 4) is 0 Å². The number of amides is 2. The number of primary amides is 1. The summed E-state index contributed by atoms with van der Waals surface area (Å²) < 4.78 is 0. The topological polar surface area (TPSA) is 75.8 Å². The fraction of sp³-hybridized carbons (Fsp3) is 0.750. The molecule has 2 N–H and O–H groups in total. The molecule has 0 bridgehead atoms. The molecule has 1 aliphatic rings. The molecule has 1 saturated carbocycles. The third-order valence-electron chi connectivity index (χ3n) is 1.21. The normalized spacial score (nSPS) is 16.9. The van der Waals surface area contributed by atoms with E-state index in [1.54, 1.807) is 0 Å². The second kappa shape index (κ2) is 2.00. The number of nitroso groups, excluding NO2 is 1. The van der Waals surface area contributed by atoms with Gasteiger partial charge in [-0.15, -0.1) is 4.91 Å². The van der Waals surface area contributed by atoms with Crippen LogP contribution in [0.25, 0.3) is 0 Å². The monoisotopic (exact) mass is 129 g/mol. The summed E-state index contributed by atoms with van der Waals surface area (Å²) >= 11 is 0. The highest BCUT2D eigenvalue weighted by Gasteiger charge is 2.32. The zero-order valence-electron chi connectivity index (χ0n) is 4.78. The Morgan fingerprint density at radius 3 is 2.33 bits per heavy atom. The van der Waals surface area contributed by atoms with E-state index in [-0.39, 0.29) is 6.04 Å². The Kier molecular flexibility index (Phi) is 1.33. The van der Waals surface area contributed by atoms with Crippen LogP contribution in [0.15, 0.2) is 5.29 Å². The van der Waals surface area contributed by atoms with Crippen LogP contribution < -0.4 is 5.73 Å². The molecule has 0 saturated heterocycles. The zero-order valence-corrected chi connectivity index (χ0v) is 4.78. The van der Waals surface area contributed by atoms with Crippen LogP contribution in [0.1, 0.15) is 12.8 Å². The molecule has 2 amide bonds. The van der Waals surface area contributed by atoms with E-state index >= 15 is 0 Å². The molecule has 0 atom stereocenters. The SMILES string of the molecule is NC(=O)N(N=O)C1CC1. The summed E-state index contributed by atoms with van der Waals surface area (Å²) in [6, 6.07) is -0.771. The molecule has 5 heteroatoms. The first-order valence-electron chi connectivity index (χ1n) is 2.67. The maximum Gasteiger partial charge on any atom is 0.338 e. The summed E-state index contributed by atoms with van der Waals surface area (Å²) in [5.41, 5.74) is 4.78. The van der Waals surface area contributed by atoms with Crippen molar-refractivity contribution in [1.29, 1.82) is 0 Å².